The molecule has 5 heteroatoms. The molecule has 0 spiro atoms. The van der Waals surface area contributed by atoms with E-state index in [0.717, 1.165) is 8.58 Å². The zero-order chi connectivity index (χ0) is 10.8. The van der Waals surface area contributed by atoms with Crippen LogP contribution in [0, 0.1) is 3.57 Å². The van der Waals surface area contributed by atoms with Crippen LogP contribution in [0.4, 0.5) is 5.69 Å². The average Bonchev–Trinajstić information content (AvgIpc) is 2.53. The maximum atomic E-state index is 11.2. The number of anilines is 1. The lowest BCUT2D eigenvalue weighted by atomic mass is 10.3. The molecule has 2 rings (SSSR count). The molecule has 1 aromatic rings. The highest BCUT2D eigenvalue weighted by Crippen LogP contribution is 2.13. The minimum Gasteiger partial charge on any atom is -0.288 e. The van der Waals surface area contributed by atoms with Crippen molar-refractivity contribution in [3.8, 4) is 0 Å². The van der Waals surface area contributed by atoms with Crippen molar-refractivity contribution in [3.63, 3.8) is 0 Å². The third-order valence-corrected chi connectivity index (χ3v) is 2.61. The second-order valence-electron chi connectivity index (χ2n) is 2.96. The molecule has 4 nitrogen and oxygen atoms in total. The first-order valence-electron chi connectivity index (χ1n) is 4.25. The van der Waals surface area contributed by atoms with Gasteiger partial charge in [0.1, 0.15) is 0 Å². The van der Waals surface area contributed by atoms with Gasteiger partial charge in [0.2, 0.25) is 0 Å². The highest BCUT2D eigenvalue weighted by Gasteiger charge is 2.23. The predicted molar refractivity (Wildman–Crippen MR) is 63.8 cm³/mol. The Morgan fingerprint density at radius 3 is 2.07 bits per heavy atom. The van der Waals surface area contributed by atoms with E-state index in [1.807, 2.05) is 12.1 Å². The van der Waals surface area contributed by atoms with E-state index in [1.54, 1.807) is 12.1 Å². The predicted octanol–water partition coefficient (Wildman–Crippen LogP) is 1.54. The Morgan fingerprint density at radius 1 is 1.00 bits per heavy atom. The number of amides is 2. The number of halogens is 1. The molecule has 0 saturated heterocycles. The van der Waals surface area contributed by atoms with Crippen molar-refractivity contribution in [2.75, 3.05) is 5.43 Å². The van der Waals surface area contributed by atoms with Crippen molar-refractivity contribution >= 4 is 40.1 Å². The van der Waals surface area contributed by atoms with Crippen LogP contribution in [-0.4, -0.2) is 16.8 Å². The van der Waals surface area contributed by atoms with E-state index in [0.29, 0.717) is 5.69 Å². The molecule has 0 aromatic heterocycles. The molecule has 1 aromatic carbocycles. The van der Waals surface area contributed by atoms with Gasteiger partial charge in [-0.2, -0.15) is 5.01 Å². The van der Waals surface area contributed by atoms with Crippen LogP contribution in [0.25, 0.3) is 0 Å². The first-order valence-corrected chi connectivity index (χ1v) is 5.33. The minimum atomic E-state index is -0.349. The lowest BCUT2D eigenvalue weighted by Crippen LogP contribution is -2.35. The van der Waals surface area contributed by atoms with Gasteiger partial charge < -0.3 is 0 Å². The van der Waals surface area contributed by atoms with E-state index in [2.05, 4.69) is 28.0 Å². The molecule has 0 bridgehead atoms. The fraction of sp³-hybridized carbons (Fsp3) is 0. The summed E-state index contributed by atoms with van der Waals surface area (Å²) in [7, 11) is 0. The summed E-state index contributed by atoms with van der Waals surface area (Å²) in [6, 6.07) is 7.39. The summed E-state index contributed by atoms with van der Waals surface area (Å²) < 4.78 is 1.09. The first-order chi connectivity index (χ1) is 7.16. The van der Waals surface area contributed by atoms with Crippen molar-refractivity contribution in [1.82, 2.24) is 5.01 Å². The molecule has 1 N–H and O–H groups in total. The van der Waals surface area contributed by atoms with Crippen molar-refractivity contribution in [2.24, 2.45) is 0 Å². The van der Waals surface area contributed by atoms with Gasteiger partial charge in [-0.15, -0.1) is 0 Å². The summed E-state index contributed by atoms with van der Waals surface area (Å²) in [5.41, 5.74) is 3.45. The maximum absolute atomic E-state index is 11.2. The fourth-order valence-corrected chi connectivity index (χ4v) is 1.52. The quantitative estimate of drug-likeness (QED) is 0.665. The molecule has 76 valence electrons. The summed E-state index contributed by atoms with van der Waals surface area (Å²) in [5, 5.41) is 0.974. The van der Waals surface area contributed by atoms with E-state index in [4.69, 9.17) is 0 Å². The normalized spacial score (nSPS) is 14.9. The van der Waals surface area contributed by atoms with E-state index < -0.39 is 0 Å². The SMILES string of the molecule is O=C1C=CC(=O)N1Nc1ccc(I)cc1. The second-order valence-corrected chi connectivity index (χ2v) is 4.21. The Hall–Kier alpha value is -1.37. The highest BCUT2D eigenvalue weighted by molar-refractivity contribution is 14.1. The standard InChI is InChI=1S/C10H7IN2O2/c11-7-1-3-8(4-2-7)12-13-9(14)5-6-10(13)15/h1-6,12H. The van der Waals surface area contributed by atoms with Gasteiger partial charge in [0.25, 0.3) is 11.8 Å². The number of imide groups is 1. The summed E-state index contributed by atoms with van der Waals surface area (Å²) >= 11 is 2.18. The molecule has 15 heavy (non-hydrogen) atoms. The van der Waals surface area contributed by atoms with Gasteiger partial charge in [0, 0.05) is 15.7 Å². The number of hydrogen-bond donors (Lipinski definition) is 1. The van der Waals surface area contributed by atoms with Crippen molar-refractivity contribution < 1.29 is 9.59 Å². The zero-order valence-corrected chi connectivity index (χ0v) is 9.76. The van der Waals surface area contributed by atoms with Crippen LogP contribution < -0.4 is 5.43 Å². The lowest BCUT2D eigenvalue weighted by molar-refractivity contribution is -0.135. The number of hydrazine groups is 1. The van der Waals surface area contributed by atoms with Crippen LogP contribution in [-0.2, 0) is 9.59 Å². The van der Waals surface area contributed by atoms with Crippen molar-refractivity contribution in [3.05, 3.63) is 40.0 Å². The average molecular weight is 314 g/mol. The molecular weight excluding hydrogens is 307 g/mol. The van der Waals surface area contributed by atoms with Gasteiger partial charge in [0.15, 0.2) is 0 Å². The van der Waals surface area contributed by atoms with Crippen molar-refractivity contribution in [2.45, 2.75) is 0 Å². The van der Waals surface area contributed by atoms with E-state index >= 15 is 0 Å². The Balaban J connectivity index is 2.12. The second kappa shape index (κ2) is 4.01. The molecule has 1 aliphatic heterocycles. The van der Waals surface area contributed by atoms with E-state index in [1.165, 1.54) is 12.2 Å². The van der Waals surface area contributed by atoms with Crippen LogP contribution in [0.3, 0.4) is 0 Å². The molecule has 0 fully saturated rings. The Kier molecular flexibility index (Phi) is 2.72. The number of hydrogen-bond acceptors (Lipinski definition) is 3. The summed E-state index contributed by atoms with van der Waals surface area (Å²) in [5.74, 6) is -0.697. The molecule has 2 amide bonds. The third kappa shape index (κ3) is 2.17. The number of carbonyl (C=O) groups is 2. The number of nitrogens with zero attached hydrogens (tertiary/aromatic N) is 1. The number of carbonyl (C=O) groups excluding carboxylic acids is 2. The van der Waals surface area contributed by atoms with Crippen LogP contribution in [0.1, 0.15) is 0 Å². The van der Waals surface area contributed by atoms with Gasteiger partial charge in [-0.25, -0.2) is 0 Å². The van der Waals surface area contributed by atoms with Crippen LogP contribution in [0.2, 0.25) is 0 Å². The topological polar surface area (TPSA) is 49.4 Å². The Morgan fingerprint density at radius 2 is 1.53 bits per heavy atom. The monoisotopic (exact) mass is 314 g/mol. The Bertz CT molecular complexity index is 421. The lowest BCUT2D eigenvalue weighted by Gasteiger charge is -2.16. The van der Waals surface area contributed by atoms with Gasteiger partial charge >= 0.3 is 0 Å². The molecule has 1 heterocycles. The smallest absolute Gasteiger partial charge is 0.272 e. The molecule has 0 unspecified atom stereocenters. The molecular formula is C10H7IN2O2. The maximum Gasteiger partial charge on any atom is 0.272 e. The van der Waals surface area contributed by atoms with Crippen LogP contribution in [0.15, 0.2) is 36.4 Å². The highest BCUT2D eigenvalue weighted by atomic mass is 127. The van der Waals surface area contributed by atoms with E-state index in [9.17, 15) is 9.59 Å². The molecule has 0 radical (unpaired) electrons. The van der Waals surface area contributed by atoms with Gasteiger partial charge in [-0.3, -0.25) is 15.0 Å². The number of nitrogens with one attached hydrogen (secondary N) is 1. The number of benzene rings is 1. The van der Waals surface area contributed by atoms with Crippen LogP contribution >= 0.6 is 22.6 Å². The fourth-order valence-electron chi connectivity index (χ4n) is 1.16. The molecule has 0 saturated carbocycles. The summed E-state index contributed by atoms with van der Waals surface area (Å²) in [6.45, 7) is 0. The Labute approximate surface area is 100 Å². The molecule has 1 aliphatic rings. The molecule has 0 atom stereocenters. The summed E-state index contributed by atoms with van der Waals surface area (Å²) in [4.78, 5) is 22.4. The summed E-state index contributed by atoms with van der Waals surface area (Å²) in [6.07, 6.45) is 2.48. The first kappa shape index (κ1) is 10.2. The van der Waals surface area contributed by atoms with Crippen LogP contribution in [0.5, 0.6) is 0 Å². The molecule has 0 aliphatic carbocycles. The number of rotatable bonds is 2. The van der Waals surface area contributed by atoms with Gasteiger partial charge in [0.05, 0.1) is 5.69 Å². The van der Waals surface area contributed by atoms with E-state index in [-0.39, 0.29) is 11.8 Å². The largest absolute Gasteiger partial charge is 0.288 e. The third-order valence-electron chi connectivity index (χ3n) is 1.89. The van der Waals surface area contributed by atoms with Crippen molar-refractivity contribution in [1.29, 1.82) is 0 Å². The minimum absolute atomic E-state index is 0.349. The van der Waals surface area contributed by atoms with Gasteiger partial charge in [-0.05, 0) is 46.9 Å². The van der Waals surface area contributed by atoms with Gasteiger partial charge in [-0.1, -0.05) is 0 Å². The zero-order valence-electron chi connectivity index (χ0n) is 7.61.